The first kappa shape index (κ1) is 24.5. The lowest BCUT2D eigenvalue weighted by atomic mass is 9.96. The number of hydrogen-bond donors (Lipinski definition) is 3. The van der Waals surface area contributed by atoms with E-state index in [1.807, 2.05) is 30.5 Å². The number of anilines is 1. The van der Waals surface area contributed by atoms with Crippen LogP contribution in [-0.2, 0) is 6.42 Å². The number of carbonyl (C=O) groups is 1. The van der Waals surface area contributed by atoms with Crippen LogP contribution >= 0.6 is 0 Å². The Morgan fingerprint density at radius 3 is 2.70 bits per heavy atom. The highest BCUT2D eigenvalue weighted by molar-refractivity contribution is 5.99. The minimum Gasteiger partial charge on any atom is -0.493 e. The summed E-state index contributed by atoms with van der Waals surface area (Å²) in [6.07, 6.45) is -1.22. The van der Waals surface area contributed by atoms with Crippen molar-refractivity contribution in [2.45, 2.75) is 31.1 Å². The van der Waals surface area contributed by atoms with Crippen LogP contribution in [0.5, 0.6) is 11.5 Å². The summed E-state index contributed by atoms with van der Waals surface area (Å²) in [4.78, 5) is 16.2. The Labute approximate surface area is 210 Å². The van der Waals surface area contributed by atoms with E-state index in [4.69, 9.17) is 9.47 Å². The molecule has 8 nitrogen and oxygen atoms in total. The number of halogens is 3. The molecular weight excluding hydrogens is 487 g/mol. The van der Waals surface area contributed by atoms with Crippen molar-refractivity contribution < 1.29 is 27.4 Å². The van der Waals surface area contributed by atoms with E-state index < -0.39 is 24.2 Å². The second-order valence-corrected chi connectivity index (χ2v) is 8.82. The summed E-state index contributed by atoms with van der Waals surface area (Å²) >= 11 is 0. The molecule has 5 rings (SSSR count). The molecule has 3 N–H and O–H groups in total. The minimum atomic E-state index is -4.55. The molecule has 2 aromatic heterocycles. The van der Waals surface area contributed by atoms with Crippen LogP contribution in [0.3, 0.4) is 0 Å². The van der Waals surface area contributed by atoms with Crippen LogP contribution in [0.25, 0.3) is 10.9 Å². The Hall–Kier alpha value is -4.15. The first-order valence-electron chi connectivity index (χ1n) is 11.8. The highest BCUT2D eigenvalue weighted by atomic mass is 19.4. The number of hydrogen-bond acceptors (Lipinski definition) is 5. The number of nitrogens with zero attached hydrogens (tertiary/aromatic N) is 2. The van der Waals surface area contributed by atoms with Gasteiger partial charge in [0.2, 0.25) is 0 Å². The quantitative estimate of drug-likeness (QED) is 0.323. The Morgan fingerprint density at radius 2 is 1.95 bits per heavy atom. The molecule has 1 aliphatic heterocycles. The van der Waals surface area contributed by atoms with Gasteiger partial charge in [-0.2, -0.15) is 18.3 Å². The van der Waals surface area contributed by atoms with Crippen molar-refractivity contribution in [2.24, 2.45) is 0 Å². The van der Waals surface area contributed by atoms with Crippen molar-refractivity contribution in [2.75, 3.05) is 26.1 Å². The van der Waals surface area contributed by atoms with Gasteiger partial charge >= 0.3 is 6.18 Å². The third kappa shape index (κ3) is 4.68. The number of aromatic nitrogens is 3. The average molecular weight is 514 g/mol. The number of H-pyrrole nitrogens is 1. The van der Waals surface area contributed by atoms with Gasteiger partial charge in [0.15, 0.2) is 17.5 Å². The van der Waals surface area contributed by atoms with Crippen LogP contribution in [0, 0.1) is 0 Å². The molecule has 37 heavy (non-hydrogen) atoms. The van der Waals surface area contributed by atoms with Crippen LogP contribution in [-0.4, -0.2) is 47.6 Å². The van der Waals surface area contributed by atoms with E-state index in [-0.39, 0.29) is 17.8 Å². The minimum absolute atomic E-state index is 0.0259. The lowest BCUT2D eigenvalue weighted by Gasteiger charge is -2.34. The molecule has 4 aromatic rings. The van der Waals surface area contributed by atoms with Crippen LogP contribution in [0.15, 0.2) is 54.9 Å². The number of methoxy groups -OCH3 is 2. The lowest BCUT2D eigenvalue weighted by molar-refractivity contribution is -0.173. The number of carbonyl (C=O) groups excluding carboxylic acids is 1. The molecule has 0 spiro atoms. The van der Waals surface area contributed by atoms with E-state index in [0.717, 1.165) is 21.1 Å². The first-order chi connectivity index (χ1) is 17.8. The second kappa shape index (κ2) is 9.72. The maximum Gasteiger partial charge on any atom is 0.410 e. The smallest absolute Gasteiger partial charge is 0.410 e. The van der Waals surface area contributed by atoms with Crippen molar-refractivity contribution in [1.29, 1.82) is 0 Å². The molecule has 2 aromatic carbocycles. The Morgan fingerprint density at radius 1 is 1.16 bits per heavy atom. The van der Waals surface area contributed by atoms with E-state index in [0.29, 0.717) is 30.0 Å². The third-order valence-corrected chi connectivity index (χ3v) is 6.65. The maximum absolute atomic E-state index is 14.0. The van der Waals surface area contributed by atoms with Crippen molar-refractivity contribution in [3.63, 3.8) is 0 Å². The number of rotatable bonds is 7. The maximum atomic E-state index is 14.0. The SMILES string of the molecule is COc1ccc(C2CC(C(F)(F)F)n3ncc(C(=O)NCCc4c[nH]c5ccccc45)c3N2)cc1OC. The first-order valence-corrected chi connectivity index (χ1v) is 11.8. The van der Waals surface area contributed by atoms with E-state index in [1.165, 1.54) is 20.4 Å². The molecule has 194 valence electrons. The number of amides is 1. The van der Waals surface area contributed by atoms with Crippen molar-refractivity contribution >= 4 is 22.6 Å². The van der Waals surface area contributed by atoms with Crippen LogP contribution in [0.2, 0.25) is 0 Å². The number of aromatic amines is 1. The van der Waals surface area contributed by atoms with E-state index in [1.54, 1.807) is 18.2 Å². The zero-order chi connectivity index (χ0) is 26.2. The number of para-hydroxylation sites is 1. The molecule has 0 fully saturated rings. The Bertz CT molecular complexity index is 1430. The fourth-order valence-corrected chi connectivity index (χ4v) is 4.76. The summed E-state index contributed by atoms with van der Waals surface area (Å²) in [6, 6.07) is 10.2. The average Bonchev–Trinajstić information content (AvgIpc) is 3.51. The van der Waals surface area contributed by atoms with E-state index >= 15 is 0 Å². The molecule has 0 radical (unpaired) electrons. The molecule has 0 saturated heterocycles. The van der Waals surface area contributed by atoms with E-state index in [2.05, 4.69) is 20.7 Å². The van der Waals surface area contributed by atoms with Gasteiger partial charge in [-0.05, 0) is 35.7 Å². The van der Waals surface area contributed by atoms with Crippen LogP contribution in [0.1, 0.15) is 40.0 Å². The summed E-state index contributed by atoms with van der Waals surface area (Å²) in [5.41, 5.74) is 2.67. The topological polar surface area (TPSA) is 93.2 Å². The molecule has 0 bridgehead atoms. The van der Waals surface area contributed by atoms with Crippen molar-refractivity contribution in [3.8, 4) is 11.5 Å². The molecule has 0 aliphatic carbocycles. The molecule has 1 amide bonds. The van der Waals surface area contributed by atoms with Gasteiger partial charge in [0, 0.05) is 30.1 Å². The van der Waals surface area contributed by atoms with Gasteiger partial charge in [-0.15, -0.1) is 0 Å². The van der Waals surface area contributed by atoms with Gasteiger partial charge < -0.3 is 25.1 Å². The Balaban J connectivity index is 1.37. The zero-order valence-electron chi connectivity index (χ0n) is 20.2. The fourth-order valence-electron chi connectivity index (χ4n) is 4.76. The molecule has 11 heteroatoms. The van der Waals surface area contributed by atoms with Gasteiger partial charge in [0.1, 0.15) is 11.4 Å². The van der Waals surface area contributed by atoms with Gasteiger partial charge in [-0.25, -0.2) is 4.68 Å². The number of nitrogens with one attached hydrogen (secondary N) is 3. The highest BCUT2D eigenvalue weighted by Crippen LogP contribution is 2.45. The van der Waals surface area contributed by atoms with E-state index in [9.17, 15) is 18.0 Å². The summed E-state index contributed by atoms with van der Waals surface area (Å²) in [5, 5.41) is 10.9. The van der Waals surface area contributed by atoms with Gasteiger partial charge in [0.25, 0.3) is 5.91 Å². The van der Waals surface area contributed by atoms with Crippen LogP contribution in [0.4, 0.5) is 19.0 Å². The predicted octanol–water partition coefficient (Wildman–Crippen LogP) is 5.01. The number of benzene rings is 2. The number of alkyl halides is 3. The molecule has 3 heterocycles. The van der Waals surface area contributed by atoms with Gasteiger partial charge in [-0.1, -0.05) is 24.3 Å². The molecule has 1 aliphatic rings. The summed E-state index contributed by atoms with van der Waals surface area (Å²) in [7, 11) is 2.94. The Kier molecular flexibility index (Phi) is 6.45. The third-order valence-electron chi connectivity index (χ3n) is 6.65. The van der Waals surface area contributed by atoms with Crippen LogP contribution < -0.4 is 20.1 Å². The standard InChI is InChI=1S/C26H26F3N5O3/c1-36-21-8-7-15(11-22(21)37-2)20-12-23(26(27,28)29)34-24(33-20)18(14-32-34)25(35)30-10-9-16-13-31-19-6-4-3-5-17(16)19/h3-8,11,13-14,20,23,31,33H,9-10,12H2,1-2H3,(H,30,35). The summed E-state index contributed by atoms with van der Waals surface area (Å²) in [6.45, 7) is 0.313. The van der Waals surface area contributed by atoms with Crippen molar-refractivity contribution in [1.82, 2.24) is 20.1 Å². The lowest BCUT2D eigenvalue weighted by Crippen LogP contribution is -2.36. The second-order valence-electron chi connectivity index (χ2n) is 8.82. The predicted molar refractivity (Wildman–Crippen MR) is 132 cm³/mol. The summed E-state index contributed by atoms with van der Waals surface area (Å²) < 4.78 is 53.5. The number of fused-ring (bicyclic) bond motifs is 2. The molecule has 2 unspecified atom stereocenters. The normalized spacial score (nSPS) is 17.2. The fraction of sp³-hybridized carbons (Fsp3) is 0.308. The molecule has 2 atom stereocenters. The summed E-state index contributed by atoms with van der Waals surface area (Å²) in [5.74, 6) is 0.398. The van der Waals surface area contributed by atoms with Gasteiger partial charge in [-0.3, -0.25) is 4.79 Å². The van der Waals surface area contributed by atoms with Gasteiger partial charge in [0.05, 0.1) is 26.5 Å². The number of ether oxygens (including phenoxy) is 2. The molecular formula is C26H26F3N5O3. The van der Waals surface area contributed by atoms with Crippen molar-refractivity contribution in [3.05, 3.63) is 71.5 Å². The highest BCUT2D eigenvalue weighted by Gasteiger charge is 2.47. The largest absolute Gasteiger partial charge is 0.493 e. The zero-order valence-corrected chi connectivity index (χ0v) is 20.2. The molecule has 0 saturated carbocycles. The monoisotopic (exact) mass is 513 g/mol.